The number of halogens is 1. The van der Waals surface area contributed by atoms with Crippen molar-refractivity contribution in [3.8, 4) is 0 Å². The summed E-state index contributed by atoms with van der Waals surface area (Å²) < 4.78 is 9.23. The first-order chi connectivity index (χ1) is 14.8. The summed E-state index contributed by atoms with van der Waals surface area (Å²) in [6.45, 7) is 1.96. The van der Waals surface area contributed by atoms with E-state index in [1.165, 1.54) is 0 Å². The lowest BCUT2D eigenvalue weighted by Crippen LogP contribution is -2.40. The maximum absolute atomic E-state index is 12.1. The van der Waals surface area contributed by atoms with Crippen LogP contribution in [0.3, 0.4) is 0 Å². The van der Waals surface area contributed by atoms with E-state index in [0.717, 1.165) is 16.7 Å². The number of rotatable bonds is 7. The van der Waals surface area contributed by atoms with Crippen molar-refractivity contribution in [2.45, 2.75) is 32.2 Å². The molecule has 2 amide bonds. The van der Waals surface area contributed by atoms with E-state index in [9.17, 15) is 14.4 Å². The number of benzene rings is 1. The molecule has 0 aromatic heterocycles. The van der Waals surface area contributed by atoms with Crippen molar-refractivity contribution in [1.29, 1.82) is 5.41 Å². The summed E-state index contributed by atoms with van der Waals surface area (Å²) in [5, 5.41) is 10.7. The van der Waals surface area contributed by atoms with Gasteiger partial charge < -0.3 is 20.5 Å². The Hall–Kier alpha value is -3.39. The number of esters is 1. The van der Waals surface area contributed by atoms with Gasteiger partial charge in [0, 0.05) is 17.5 Å². The molecule has 1 aliphatic rings. The predicted molar refractivity (Wildman–Crippen MR) is 117 cm³/mol. The number of nitrogens with one attached hydrogen (secondary N) is 2. The maximum atomic E-state index is 12.1. The van der Waals surface area contributed by atoms with Crippen molar-refractivity contribution >= 4 is 41.0 Å². The summed E-state index contributed by atoms with van der Waals surface area (Å²) in [4.78, 5) is 34.6. The second-order valence-electron chi connectivity index (χ2n) is 6.62. The molecule has 1 aliphatic carbocycles. The fraction of sp³-hybridized carbons (Fsp3) is 0.273. The fourth-order valence-electron chi connectivity index (χ4n) is 2.91. The van der Waals surface area contributed by atoms with E-state index in [1.807, 2.05) is 36.4 Å². The first-order valence-corrected chi connectivity index (χ1v) is 10.0. The van der Waals surface area contributed by atoms with Crippen LogP contribution < -0.4 is 11.1 Å². The number of allylic oxidation sites excluding steroid dienone is 5. The van der Waals surface area contributed by atoms with Crippen LogP contribution in [0, 0.1) is 5.41 Å². The number of nitrogens with two attached hydrogens (primary N) is 1. The van der Waals surface area contributed by atoms with E-state index in [1.54, 1.807) is 19.1 Å². The standard InChI is InChI=1S/C22H24ClN3O5/c1-2-30-19(27)11-10-18(26-21(28)20(24)31-22(25)29)12-14-6-8-15(9-7-14)16-4-3-5-17(23)13-16/h3-6,8-9,12-13,18,24H,2,7,10-11H2,1H3,(H2,25,29)(H,26,28). The molecule has 4 N–H and O–H groups in total. The Morgan fingerprint density at radius 2 is 2.10 bits per heavy atom. The van der Waals surface area contributed by atoms with Gasteiger partial charge in [-0.2, -0.15) is 0 Å². The lowest BCUT2D eigenvalue weighted by atomic mass is 9.95. The molecule has 8 nitrogen and oxygen atoms in total. The van der Waals surface area contributed by atoms with Gasteiger partial charge in [-0.1, -0.05) is 48.0 Å². The third-order valence-electron chi connectivity index (χ3n) is 4.30. The molecule has 9 heteroatoms. The Labute approximate surface area is 185 Å². The summed E-state index contributed by atoms with van der Waals surface area (Å²) in [5.41, 5.74) is 7.75. The van der Waals surface area contributed by atoms with Crippen molar-refractivity contribution in [2.75, 3.05) is 6.61 Å². The van der Waals surface area contributed by atoms with E-state index in [0.29, 0.717) is 11.4 Å². The Morgan fingerprint density at radius 1 is 1.32 bits per heavy atom. The van der Waals surface area contributed by atoms with Crippen molar-refractivity contribution < 1.29 is 23.9 Å². The van der Waals surface area contributed by atoms with E-state index in [-0.39, 0.29) is 19.4 Å². The average Bonchev–Trinajstić information content (AvgIpc) is 2.72. The topological polar surface area (TPSA) is 132 Å². The minimum atomic E-state index is -1.25. The Bertz CT molecular complexity index is 952. The third kappa shape index (κ3) is 8.10. The number of hydrogen-bond donors (Lipinski definition) is 3. The van der Waals surface area contributed by atoms with Gasteiger partial charge in [-0.15, -0.1) is 0 Å². The molecular weight excluding hydrogens is 422 g/mol. The molecule has 0 spiro atoms. The number of hydrogen-bond acceptors (Lipinski definition) is 6. The van der Waals surface area contributed by atoms with Crippen LogP contribution in [0.2, 0.25) is 5.02 Å². The Kier molecular flexibility index (Phi) is 9.02. The Morgan fingerprint density at radius 3 is 2.71 bits per heavy atom. The van der Waals surface area contributed by atoms with Gasteiger partial charge in [0.15, 0.2) is 0 Å². The molecule has 0 bridgehead atoms. The highest BCUT2D eigenvalue weighted by Crippen LogP contribution is 2.26. The van der Waals surface area contributed by atoms with Gasteiger partial charge in [0.1, 0.15) is 0 Å². The highest BCUT2D eigenvalue weighted by atomic mass is 35.5. The summed E-state index contributed by atoms with van der Waals surface area (Å²) in [6.07, 6.45) is 7.32. The van der Waals surface area contributed by atoms with Gasteiger partial charge >= 0.3 is 18.0 Å². The van der Waals surface area contributed by atoms with Crippen LogP contribution in [-0.4, -0.2) is 36.5 Å². The van der Waals surface area contributed by atoms with Gasteiger partial charge in [0.05, 0.1) is 6.61 Å². The minimum Gasteiger partial charge on any atom is -0.466 e. The number of carbonyl (C=O) groups excluding carboxylic acids is 3. The lowest BCUT2D eigenvalue weighted by Gasteiger charge is -2.17. The monoisotopic (exact) mass is 445 g/mol. The van der Waals surface area contributed by atoms with Crippen LogP contribution in [-0.2, 0) is 19.1 Å². The Balaban J connectivity index is 2.10. The zero-order valence-electron chi connectivity index (χ0n) is 17.0. The number of carbonyl (C=O) groups is 3. The molecule has 0 saturated carbocycles. The van der Waals surface area contributed by atoms with Crippen LogP contribution in [0.4, 0.5) is 4.79 Å². The molecule has 164 valence electrons. The molecule has 1 unspecified atom stereocenters. The van der Waals surface area contributed by atoms with Crippen molar-refractivity contribution in [3.63, 3.8) is 0 Å². The average molecular weight is 446 g/mol. The quantitative estimate of drug-likeness (QED) is 0.335. The first-order valence-electron chi connectivity index (χ1n) is 9.65. The van der Waals surface area contributed by atoms with Crippen molar-refractivity contribution in [3.05, 3.63) is 64.7 Å². The van der Waals surface area contributed by atoms with Crippen LogP contribution in [0.15, 0.2) is 54.1 Å². The molecular formula is C22H24ClN3O5. The predicted octanol–water partition coefficient (Wildman–Crippen LogP) is 3.51. The van der Waals surface area contributed by atoms with Crippen LogP contribution in [0.25, 0.3) is 5.57 Å². The normalized spacial score (nSPS) is 15.0. The smallest absolute Gasteiger partial charge is 0.411 e. The molecule has 0 heterocycles. The molecule has 31 heavy (non-hydrogen) atoms. The molecule has 0 aliphatic heterocycles. The van der Waals surface area contributed by atoms with Crippen LogP contribution in [0.5, 0.6) is 0 Å². The molecule has 0 saturated heterocycles. The highest BCUT2D eigenvalue weighted by Gasteiger charge is 2.19. The van der Waals surface area contributed by atoms with E-state index >= 15 is 0 Å². The number of primary amides is 1. The van der Waals surface area contributed by atoms with Crippen LogP contribution in [0.1, 0.15) is 31.7 Å². The van der Waals surface area contributed by atoms with Gasteiger partial charge in [-0.3, -0.25) is 15.0 Å². The van der Waals surface area contributed by atoms with Gasteiger partial charge in [0.25, 0.3) is 5.90 Å². The molecule has 2 rings (SSSR count). The largest absolute Gasteiger partial charge is 0.466 e. The third-order valence-corrected chi connectivity index (χ3v) is 4.53. The number of ether oxygens (including phenoxy) is 2. The van der Waals surface area contributed by atoms with Gasteiger partial charge in [0.2, 0.25) is 0 Å². The molecule has 1 atom stereocenters. The second-order valence-corrected chi connectivity index (χ2v) is 7.06. The SMILES string of the molecule is CCOC(=O)CCC(C=C1C=CC(c2cccc(Cl)c2)=CC1)NC(=O)C(=N)OC(N)=O. The summed E-state index contributed by atoms with van der Waals surface area (Å²) >= 11 is 6.05. The minimum absolute atomic E-state index is 0.0693. The van der Waals surface area contributed by atoms with Crippen molar-refractivity contribution in [2.24, 2.45) is 5.73 Å². The van der Waals surface area contributed by atoms with Gasteiger partial charge in [-0.05, 0) is 48.6 Å². The molecule has 0 radical (unpaired) electrons. The summed E-state index contributed by atoms with van der Waals surface area (Å²) in [6, 6.07) is 6.93. The van der Waals surface area contributed by atoms with Crippen LogP contribution >= 0.6 is 11.6 Å². The number of amides is 2. The fourth-order valence-corrected chi connectivity index (χ4v) is 3.10. The first kappa shape index (κ1) is 23.9. The molecule has 1 aromatic rings. The second kappa shape index (κ2) is 11.7. The summed E-state index contributed by atoms with van der Waals surface area (Å²) in [7, 11) is 0. The van der Waals surface area contributed by atoms with E-state index < -0.39 is 29.9 Å². The zero-order valence-corrected chi connectivity index (χ0v) is 17.8. The zero-order chi connectivity index (χ0) is 22.8. The van der Waals surface area contributed by atoms with Gasteiger partial charge in [-0.25, -0.2) is 4.79 Å². The lowest BCUT2D eigenvalue weighted by molar-refractivity contribution is -0.143. The molecule has 1 aromatic carbocycles. The highest BCUT2D eigenvalue weighted by molar-refractivity contribution is 6.35. The van der Waals surface area contributed by atoms with E-state index in [2.05, 4.69) is 10.1 Å². The molecule has 0 fully saturated rings. The van der Waals surface area contributed by atoms with Crippen molar-refractivity contribution in [1.82, 2.24) is 5.32 Å². The van der Waals surface area contributed by atoms with E-state index in [4.69, 9.17) is 27.5 Å². The summed E-state index contributed by atoms with van der Waals surface area (Å²) in [5.74, 6) is -2.24. The maximum Gasteiger partial charge on any atom is 0.411 e.